The Kier molecular flexibility index (Phi) is 3.59. The Balaban J connectivity index is 2.90. The molecule has 0 amide bonds. The molecular weight excluding hydrogens is 244 g/mol. The molecule has 0 aliphatic carbocycles. The van der Waals surface area contributed by atoms with Crippen molar-refractivity contribution in [2.45, 2.75) is 27.7 Å². The normalized spacial score (nSPS) is 9.90. The summed E-state index contributed by atoms with van der Waals surface area (Å²) in [4.78, 5) is 0. The van der Waals surface area contributed by atoms with Crippen molar-refractivity contribution >= 4 is 0 Å². The summed E-state index contributed by atoms with van der Waals surface area (Å²) in [5.74, 6) is 0. The molecule has 0 unspecified atom stereocenters. The van der Waals surface area contributed by atoms with Crippen LogP contribution in [0.15, 0.2) is 24.3 Å². The van der Waals surface area contributed by atoms with Gasteiger partial charge in [0.15, 0.2) is 0 Å². The number of nitrogens with zero attached hydrogens (tertiary/aromatic N) is 2. The maximum atomic E-state index is 9.40. The highest BCUT2D eigenvalue weighted by molar-refractivity contribution is 5.81. The summed E-state index contributed by atoms with van der Waals surface area (Å²) in [6.45, 7) is 7.93. The van der Waals surface area contributed by atoms with Crippen LogP contribution in [0.1, 0.15) is 33.4 Å². The summed E-state index contributed by atoms with van der Waals surface area (Å²) in [6.07, 6.45) is 0. The third kappa shape index (κ3) is 2.29. The van der Waals surface area contributed by atoms with E-state index in [0.29, 0.717) is 11.1 Å². The zero-order valence-electron chi connectivity index (χ0n) is 12.2. The molecule has 0 aliphatic heterocycles. The average molecular weight is 260 g/mol. The fourth-order valence-corrected chi connectivity index (χ4v) is 2.78. The van der Waals surface area contributed by atoms with Crippen molar-refractivity contribution in [2.24, 2.45) is 0 Å². The molecule has 2 heteroatoms. The molecule has 0 radical (unpaired) electrons. The smallest absolute Gasteiger partial charge is 0.0998 e. The highest BCUT2D eigenvalue weighted by Crippen LogP contribution is 2.34. The van der Waals surface area contributed by atoms with Crippen molar-refractivity contribution in [1.29, 1.82) is 10.5 Å². The molecule has 2 rings (SSSR count). The van der Waals surface area contributed by atoms with Crippen LogP contribution in [0, 0.1) is 50.4 Å². The first-order chi connectivity index (χ1) is 9.47. The van der Waals surface area contributed by atoms with Crippen molar-refractivity contribution in [1.82, 2.24) is 0 Å². The van der Waals surface area contributed by atoms with E-state index in [1.807, 2.05) is 39.8 Å². The first-order valence-electron chi connectivity index (χ1n) is 6.51. The van der Waals surface area contributed by atoms with E-state index in [2.05, 4.69) is 24.3 Å². The van der Waals surface area contributed by atoms with E-state index < -0.39 is 0 Å². The third-order valence-corrected chi connectivity index (χ3v) is 3.45. The largest absolute Gasteiger partial charge is 0.192 e. The van der Waals surface area contributed by atoms with Gasteiger partial charge in [0, 0.05) is 11.1 Å². The van der Waals surface area contributed by atoms with Crippen molar-refractivity contribution in [3.63, 3.8) is 0 Å². The quantitative estimate of drug-likeness (QED) is 0.766. The van der Waals surface area contributed by atoms with Crippen molar-refractivity contribution < 1.29 is 0 Å². The van der Waals surface area contributed by atoms with Crippen LogP contribution in [0.3, 0.4) is 0 Å². The van der Waals surface area contributed by atoms with Crippen LogP contribution < -0.4 is 0 Å². The predicted octanol–water partition coefficient (Wildman–Crippen LogP) is 4.33. The molecule has 0 spiro atoms. The second-order valence-electron chi connectivity index (χ2n) is 5.23. The first-order valence-corrected chi connectivity index (χ1v) is 6.51. The predicted molar refractivity (Wildman–Crippen MR) is 80.3 cm³/mol. The van der Waals surface area contributed by atoms with Gasteiger partial charge in [-0.1, -0.05) is 12.1 Å². The number of aryl methyl sites for hydroxylation is 4. The molecule has 98 valence electrons. The van der Waals surface area contributed by atoms with Gasteiger partial charge in [0.25, 0.3) is 0 Å². The van der Waals surface area contributed by atoms with E-state index >= 15 is 0 Å². The van der Waals surface area contributed by atoms with Crippen LogP contribution in [0.2, 0.25) is 0 Å². The van der Waals surface area contributed by atoms with Crippen LogP contribution in [-0.2, 0) is 0 Å². The van der Waals surface area contributed by atoms with E-state index in [4.69, 9.17) is 0 Å². The number of benzene rings is 2. The minimum Gasteiger partial charge on any atom is -0.192 e. The van der Waals surface area contributed by atoms with Gasteiger partial charge < -0.3 is 0 Å². The van der Waals surface area contributed by atoms with Gasteiger partial charge in [0.2, 0.25) is 0 Å². The van der Waals surface area contributed by atoms with E-state index in [1.54, 1.807) is 0 Å². The van der Waals surface area contributed by atoms with Crippen molar-refractivity contribution in [2.75, 3.05) is 0 Å². The van der Waals surface area contributed by atoms with Gasteiger partial charge in [-0.2, -0.15) is 10.5 Å². The molecule has 0 bridgehead atoms. The SMILES string of the molecule is Cc1cc(C)c(-c2c(C)cc(C)cc2C#N)c(C#N)c1. The molecule has 0 N–H and O–H groups in total. The Morgan fingerprint density at radius 2 is 1.00 bits per heavy atom. The van der Waals surface area contributed by atoms with Crippen LogP contribution in [0.5, 0.6) is 0 Å². The second kappa shape index (κ2) is 5.19. The van der Waals surface area contributed by atoms with Gasteiger partial charge in [-0.25, -0.2) is 0 Å². The van der Waals surface area contributed by atoms with Gasteiger partial charge in [-0.05, 0) is 62.1 Å². The Labute approximate surface area is 119 Å². The minimum atomic E-state index is 0.631. The minimum absolute atomic E-state index is 0.631. The van der Waals surface area contributed by atoms with Crippen LogP contribution >= 0.6 is 0 Å². The molecule has 0 aromatic heterocycles. The van der Waals surface area contributed by atoms with Crippen LogP contribution in [-0.4, -0.2) is 0 Å². The molecule has 2 aromatic rings. The fourth-order valence-electron chi connectivity index (χ4n) is 2.78. The summed E-state index contributed by atoms with van der Waals surface area (Å²) in [6, 6.07) is 12.4. The Hall–Kier alpha value is -2.58. The lowest BCUT2D eigenvalue weighted by molar-refractivity contribution is 1.31. The fraction of sp³-hybridized carbons (Fsp3) is 0.222. The van der Waals surface area contributed by atoms with Gasteiger partial charge in [0.05, 0.1) is 23.3 Å². The summed E-state index contributed by atoms with van der Waals surface area (Å²) in [7, 11) is 0. The third-order valence-electron chi connectivity index (χ3n) is 3.45. The molecule has 2 aromatic carbocycles. The zero-order valence-corrected chi connectivity index (χ0v) is 12.2. The Morgan fingerprint density at radius 3 is 1.30 bits per heavy atom. The van der Waals surface area contributed by atoms with Crippen molar-refractivity contribution in [3.05, 3.63) is 57.6 Å². The lowest BCUT2D eigenvalue weighted by Crippen LogP contribution is -1.97. The zero-order chi connectivity index (χ0) is 14.9. The topological polar surface area (TPSA) is 47.6 Å². The maximum absolute atomic E-state index is 9.40. The van der Waals surface area contributed by atoms with Crippen molar-refractivity contribution in [3.8, 4) is 23.3 Å². The Morgan fingerprint density at radius 1 is 0.650 bits per heavy atom. The highest BCUT2D eigenvalue weighted by atomic mass is 14.3. The maximum Gasteiger partial charge on any atom is 0.0998 e. The van der Waals surface area contributed by atoms with E-state index in [-0.39, 0.29) is 0 Å². The number of rotatable bonds is 1. The summed E-state index contributed by atoms with van der Waals surface area (Å²) in [5, 5.41) is 18.8. The molecule has 0 atom stereocenters. The highest BCUT2D eigenvalue weighted by Gasteiger charge is 2.16. The average Bonchev–Trinajstić information content (AvgIpc) is 2.38. The first kappa shape index (κ1) is 13.8. The number of hydrogen-bond acceptors (Lipinski definition) is 2. The van der Waals surface area contributed by atoms with Crippen LogP contribution in [0.25, 0.3) is 11.1 Å². The van der Waals surface area contributed by atoms with Gasteiger partial charge >= 0.3 is 0 Å². The summed E-state index contributed by atoms with van der Waals surface area (Å²) >= 11 is 0. The van der Waals surface area contributed by atoms with Gasteiger partial charge in [-0.15, -0.1) is 0 Å². The molecule has 0 aliphatic rings. The summed E-state index contributed by atoms with van der Waals surface area (Å²) < 4.78 is 0. The molecular formula is C18H16N2. The number of nitriles is 2. The molecule has 0 saturated carbocycles. The molecule has 0 fully saturated rings. The molecule has 2 nitrogen and oxygen atoms in total. The van der Waals surface area contributed by atoms with Crippen LogP contribution in [0.4, 0.5) is 0 Å². The number of hydrogen-bond donors (Lipinski definition) is 0. The Bertz CT molecular complexity index is 704. The standard InChI is InChI=1S/C18H16N2/c1-11-5-13(3)17(15(7-11)9-19)18-14(4)6-12(2)8-16(18)10-20/h5-8H,1-4H3. The molecule has 0 heterocycles. The van der Waals surface area contributed by atoms with E-state index in [1.165, 1.54) is 0 Å². The van der Waals surface area contributed by atoms with E-state index in [0.717, 1.165) is 33.4 Å². The lowest BCUT2D eigenvalue weighted by Gasteiger charge is -2.15. The van der Waals surface area contributed by atoms with E-state index in [9.17, 15) is 10.5 Å². The lowest BCUT2D eigenvalue weighted by atomic mass is 9.87. The summed E-state index contributed by atoms with van der Waals surface area (Å²) in [5.41, 5.74) is 7.21. The molecule has 0 saturated heterocycles. The second-order valence-corrected chi connectivity index (χ2v) is 5.23. The van der Waals surface area contributed by atoms with Gasteiger partial charge in [-0.3, -0.25) is 0 Å². The molecule has 20 heavy (non-hydrogen) atoms. The van der Waals surface area contributed by atoms with Gasteiger partial charge in [0.1, 0.15) is 0 Å². The monoisotopic (exact) mass is 260 g/mol.